The maximum absolute atomic E-state index is 12.4. The summed E-state index contributed by atoms with van der Waals surface area (Å²) in [7, 11) is 1.66. The second-order valence-electron chi connectivity index (χ2n) is 5.96. The van der Waals surface area contributed by atoms with Gasteiger partial charge in [-0.25, -0.2) is 0 Å². The monoisotopic (exact) mass is 290 g/mol. The van der Waals surface area contributed by atoms with Gasteiger partial charge in [0.2, 0.25) is 5.91 Å². The summed E-state index contributed by atoms with van der Waals surface area (Å²) in [6.45, 7) is 3.65. The average Bonchev–Trinajstić information content (AvgIpc) is 2.52. The van der Waals surface area contributed by atoms with Crippen LogP contribution in [0.15, 0.2) is 24.3 Å². The van der Waals surface area contributed by atoms with Crippen molar-refractivity contribution in [3.05, 3.63) is 29.8 Å². The first-order valence-electron chi connectivity index (χ1n) is 7.76. The molecule has 21 heavy (non-hydrogen) atoms. The van der Waals surface area contributed by atoms with Gasteiger partial charge in [0.05, 0.1) is 7.11 Å². The third kappa shape index (κ3) is 4.21. The Morgan fingerprint density at radius 3 is 3.00 bits per heavy atom. The summed E-state index contributed by atoms with van der Waals surface area (Å²) in [5.41, 5.74) is 6.96. The summed E-state index contributed by atoms with van der Waals surface area (Å²) in [5, 5.41) is 0. The zero-order chi connectivity index (χ0) is 15.2. The normalized spacial score (nSPS) is 22.1. The van der Waals surface area contributed by atoms with E-state index >= 15 is 0 Å². The number of methoxy groups -OCH3 is 1. The number of carbonyl (C=O) groups excluding carboxylic acids is 1. The van der Waals surface area contributed by atoms with Crippen LogP contribution >= 0.6 is 0 Å². The summed E-state index contributed by atoms with van der Waals surface area (Å²) >= 11 is 0. The van der Waals surface area contributed by atoms with E-state index < -0.39 is 0 Å². The van der Waals surface area contributed by atoms with Gasteiger partial charge in [-0.2, -0.15) is 0 Å². The van der Waals surface area contributed by atoms with E-state index in [-0.39, 0.29) is 11.9 Å². The predicted octanol–water partition coefficient (Wildman–Crippen LogP) is 2.21. The fourth-order valence-corrected chi connectivity index (χ4v) is 3.03. The van der Waals surface area contributed by atoms with Crippen LogP contribution in [0.25, 0.3) is 0 Å². The molecule has 1 aromatic carbocycles. The molecule has 0 aromatic heterocycles. The molecular formula is C17H26N2O2. The van der Waals surface area contributed by atoms with Gasteiger partial charge in [-0.15, -0.1) is 0 Å². The molecule has 4 heteroatoms. The van der Waals surface area contributed by atoms with Crippen LogP contribution in [0.5, 0.6) is 5.75 Å². The van der Waals surface area contributed by atoms with Crippen molar-refractivity contribution < 1.29 is 9.53 Å². The molecule has 1 saturated heterocycles. The lowest BCUT2D eigenvalue weighted by Gasteiger charge is -2.38. The van der Waals surface area contributed by atoms with Crippen molar-refractivity contribution in [2.75, 3.05) is 20.2 Å². The van der Waals surface area contributed by atoms with E-state index in [4.69, 9.17) is 10.5 Å². The number of likely N-dealkylation sites (tertiary alicyclic amines) is 1. The third-order valence-corrected chi connectivity index (χ3v) is 4.33. The topological polar surface area (TPSA) is 55.6 Å². The second kappa shape index (κ2) is 7.46. The molecule has 0 saturated carbocycles. The summed E-state index contributed by atoms with van der Waals surface area (Å²) in [6, 6.07) is 8.12. The third-order valence-electron chi connectivity index (χ3n) is 4.33. The summed E-state index contributed by atoms with van der Waals surface area (Å²) in [6.07, 6.45) is 3.40. The molecule has 1 amide bonds. The van der Waals surface area contributed by atoms with Crippen LogP contribution < -0.4 is 10.5 Å². The van der Waals surface area contributed by atoms with Gasteiger partial charge in [-0.1, -0.05) is 19.1 Å². The Kier molecular flexibility index (Phi) is 5.62. The molecule has 1 heterocycles. The molecule has 1 aliphatic rings. The maximum Gasteiger partial charge on any atom is 0.223 e. The minimum absolute atomic E-state index is 0.214. The number of nitrogens with zero attached hydrogens (tertiary/aromatic N) is 1. The van der Waals surface area contributed by atoms with Gasteiger partial charge >= 0.3 is 0 Å². The van der Waals surface area contributed by atoms with E-state index in [9.17, 15) is 4.79 Å². The number of benzene rings is 1. The molecule has 2 rings (SSSR count). The van der Waals surface area contributed by atoms with Crippen LogP contribution in [-0.2, 0) is 11.2 Å². The van der Waals surface area contributed by atoms with Crippen LogP contribution in [0.2, 0.25) is 0 Å². The molecule has 0 spiro atoms. The van der Waals surface area contributed by atoms with Crippen LogP contribution in [-0.4, -0.2) is 37.0 Å². The standard InChI is InChI=1S/C17H26N2O2/c1-13-8-9-19(15(10-13)12-18)17(20)7-6-14-4-3-5-16(11-14)21-2/h3-5,11,13,15H,6-10,12,18H2,1-2H3. The molecule has 0 bridgehead atoms. The lowest BCUT2D eigenvalue weighted by Crippen LogP contribution is -2.49. The number of piperidine rings is 1. The molecule has 116 valence electrons. The van der Waals surface area contributed by atoms with E-state index in [1.54, 1.807) is 7.11 Å². The zero-order valence-electron chi connectivity index (χ0n) is 13.0. The van der Waals surface area contributed by atoms with Gasteiger partial charge in [-0.05, 0) is 42.9 Å². The predicted molar refractivity (Wildman–Crippen MR) is 84.3 cm³/mol. The highest BCUT2D eigenvalue weighted by molar-refractivity contribution is 5.77. The Balaban J connectivity index is 1.91. The fourth-order valence-electron chi connectivity index (χ4n) is 3.03. The number of ether oxygens (including phenoxy) is 1. The van der Waals surface area contributed by atoms with Crippen LogP contribution in [0, 0.1) is 5.92 Å². The van der Waals surface area contributed by atoms with Crippen LogP contribution in [0.3, 0.4) is 0 Å². The molecule has 2 atom stereocenters. The van der Waals surface area contributed by atoms with E-state index in [1.165, 1.54) is 0 Å². The van der Waals surface area contributed by atoms with Crippen molar-refractivity contribution in [2.45, 2.75) is 38.6 Å². The largest absolute Gasteiger partial charge is 0.497 e. The molecule has 1 fully saturated rings. The maximum atomic E-state index is 12.4. The van der Waals surface area contributed by atoms with Crippen molar-refractivity contribution in [2.24, 2.45) is 11.7 Å². The molecule has 1 aromatic rings. The van der Waals surface area contributed by atoms with Crippen molar-refractivity contribution >= 4 is 5.91 Å². The Morgan fingerprint density at radius 2 is 2.29 bits per heavy atom. The SMILES string of the molecule is COc1cccc(CCC(=O)N2CCC(C)CC2CN)c1. The van der Waals surface area contributed by atoms with Gasteiger partial charge in [0.1, 0.15) is 5.75 Å². The second-order valence-corrected chi connectivity index (χ2v) is 5.96. The number of nitrogens with two attached hydrogens (primary N) is 1. The number of aryl methyl sites for hydroxylation is 1. The Hall–Kier alpha value is -1.55. The van der Waals surface area contributed by atoms with Crippen molar-refractivity contribution in [1.29, 1.82) is 0 Å². The molecule has 0 radical (unpaired) electrons. The minimum Gasteiger partial charge on any atom is -0.497 e. The van der Waals surface area contributed by atoms with Gasteiger partial charge < -0.3 is 15.4 Å². The lowest BCUT2D eigenvalue weighted by molar-refractivity contribution is -0.135. The van der Waals surface area contributed by atoms with Crippen molar-refractivity contribution in [3.63, 3.8) is 0 Å². The highest BCUT2D eigenvalue weighted by Crippen LogP contribution is 2.23. The molecule has 2 unspecified atom stereocenters. The molecule has 1 aliphatic heterocycles. The first-order chi connectivity index (χ1) is 10.1. The van der Waals surface area contributed by atoms with E-state index in [0.717, 1.165) is 37.1 Å². The highest BCUT2D eigenvalue weighted by atomic mass is 16.5. The minimum atomic E-state index is 0.214. The molecular weight excluding hydrogens is 264 g/mol. The summed E-state index contributed by atoms with van der Waals surface area (Å²) in [4.78, 5) is 14.4. The van der Waals surface area contributed by atoms with Gasteiger partial charge in [0.15, 0.2) is 0 Å². The van der Waals surface area contributed by atoms with Crippen molar-refractivity contribution in [1.82, 2.24) is 4.90 Å². The van der Waals surface area contributed by atoms with Gasteiger partial charge in [0.25, 0.3) is 0 Å². The van der Waals surface area contributed by atoms with E-state index in [1.807, 2.05) is 29.2 Å². The Bertz CT molecular complexity index is 476. The first kappa shape index (κ1) is 15.8. The zero-order valence-corrected chi connectivity index (χ0v) is 13.0. The average molecular weight is 290 g/mol. The van der Waals surface area contributed by atoms with Gasteiger partial charge in [-0.3, -0.25) is 4.79 Å². The quantitative estimate of drug-likeness (QED) is 0.904. The first-order valence-corrected chi connectivity index (χ1v) is 7.76. The number of hydrogen-bond acceptors (Lipinski definition) is 3. The number of amides is 1. The number of hydrogen-bond donors (Lipinski definition) is 1. The highest BCUT2D eigenvalue weighted by Gasteiger charge is 2.28. The molecule has 4 nitrogen and oxygen atoms in total. The lowest BCUT2D eigenvalue weighted by atomic mass is 9.92. The Labute approximate surface area is 127 Å². The van der Waals surface area contributed by atoms with Crippen LogP contribution in [0.1, 0.15) is 31.7 Å². The molecule has 0 aliphatic carbocycles. The fraction of sp³-hybridized carbons (Fsp3) is 0.588. The van der Waals surface area contributed by atoms with Crippen molar-refractivity contribution in [3.8, 4) is 5.75 Å². The number of rotatable bonds is 5. The van der Waals surface area contributed by atoms with Crippen LogP contribution in [0.4, 0.5) is 0 Å². The number of carbonyl (C=O) groups is 1. The summed E-state index contributed by atoms with van der Waals surface area (Å²) in [5.74, 6) is 1.73. The Morgan fingerprint density at radius 1 is 1.48 bits per heavy atom. The summed E-state index contributed by atoms with van der Waals surface area (Å²) < 4.78 is 5.21. The smallest absolute Gasteiger partial charge is 0.223 e. The van der Waals surface area contributed by atoms with Gasteiger partial charge in [0, 0.05) is 25.6 Å². The van der Waals surface area contributed by atoms with E-state index in [2.05, 4.69) is 6.92 Å². The van der Waals surface area contributed by atoms with E-state index in [0.29, 0.717) is 18.9 Å². The molecule has 2 N–H and O–H groups in total.